The van der Waals surface area contributed by atoms with Crippen molar-refractivity contribution in [2.75, 3.05) is 61.8 Å². The third kappa shape index (κ3) is 6.11. The summed E-state index contributed by atoms with van der Waals surface area (Å²) in [5, 5.41) is 6.57. The zero-order valence-corrected chi connectivity index (χ0v) is 23.5. The van der Waals surface area contributed by atoms with Crippen molar-refractivity contribution in [2.45, 2.75) is 44.2 Å². The maximum atomic E-state index is 15.4. The van der Waals surface area contributed by atoms with Crippen LogP contribution in [0, 0.1) is 5.82 Å². The number of carbonyl (C=O) groups is 1. The van der Waals surface area contributed by atoms with Crippen LogP contribution in [0.5, 0.6) is 0 Å². The van der Waals surface area contributed by atoms with Crippen molar-refractivity contribution < 1.29 is 9.18 Å². The SMILES string of the molecule is CN1CCN(C2CCN(c3ccc(Nc4nc(NC5CCC5)c(-c5ccncc5)nc4C(N)=O)cc3F)CC2)CC1. The van der Waals surface area contributed by atoms with Gasteiger partial charge in [-0.05, 0) is 69.5 Å². The molecule has 3 fully saturated rings. The van der Waals surface area contributed by atoms with E-state index in [4.69, 9.17) is 10.7 Å². The monoisotopic (exact) mass is 559 g/mol. The number of piperazine rings is 1. The van der Waals surface area contributed by atoms with Crippen molar-refractivity contribution in [1.29, 1.82) is 0 Å². The summed E-state index contributed by atoms with van der Waals surface area (Å²) >= 11 is 0. The minimum atomic E-state index is -0.717. The average molecular weight is 560 g/mol. The van der Waals surface area contributed by atoms with Gasteiger partial charge in [-0.3, -0.25) is 14.7 Å². The van der Waals surface area contributed by atoms with Crippen molar-refractivity contribution in [3.05, 3.63) is 54.2 Å². The Morgan fingerprint density at radius 2 is 1.68 bits per heavy atom. The number of pyridine rings is 1. The van der Waals surface area contributed by atoms with Crippen LogP contribution >= 0.6 is 0 Å². The van der Waals surface area contributed by atoms with E-state index in [1.165, 1.54) is 6.07 Å². The van der Waals surface area contributed by atoms with Crippen LogP contribution in [0.25, 0.3) is 11.3 Å². The smallest absolute Gasteiger partial charge is 0.271 e. The van der Waals surface area contributed by atoms with Crippen molar-refractivity contribution in [3.63, 3.8) is 0 Å². The molecule has 1 aromatic carbocycles. The number of aromatic nitrogens is 3. The molecule has 2 aliphatic heterocycles. The third-order valence-electron chi connectivity index (χ3n) is 8.60. The molecule has 4 N–H and O–H groups in total. The number of likely N-dealkylation sites (N-methyl/N-ethyl adjacent to an activating group) is 1. The Morgan fingerprint density at radius 1 is 0.951 bits per heavy atom. The third-order valence-corrected chi connectivity index (χ3v) is 8.60. The van der Waals surface area contributed by atoms with Crippen molar-refractivity contribution in [1.82, 2.24) is 24.8 Å². The van der Waals surface area contributed by atoms with Crippen molar-refractivity contribution in [3.8, 4) is 11.3 Å². The van der Waals surface area contributed by atoms with Crippen molar-refractivity contribution in [2.24, 2.45) is 5.73 Å². The average Bonchev–Trinajstić information content (AvgIpc) is 2.96. The highest BCUT2D eigenvalue weighted by Gasteiger charge is 2.28. The van der Waals surface area contributed by atoms with E-state index in [0.717, 1.165) is 76.9 Å². The molecule has 2 saturated heterocycles. The first kappa shape index (κ1) is 27.3. The number of rotatable bonds is 8. The summed E-state index contributed by atoms with van der Waals surface area (Å²) in [6.45, 7) is 6.07. The van der Waals surface area contributed by atoms with Gasteiger partial charge in [-0.15, -0.1) is 0 Å². The van der Waals surface area contributed by atoms with Crippen LogP contribution < -0.4 is 21.3 Å². The summed E-state index contributed by atoms with van der Waals surface area (Å²) in [7, 11) is 2.17. The molecule has 1 amide bonds. The van der Waals surface area contributed by atoms with Gasteiger partial charge in [0.15, 0.2) is 17.3 Å². The van der Waals surface area contributed by atoms with Crippen molar-refractivity contribution >= 4 is 28.9 Å². The molecule has 10 nitrogen and oxygen atoms in total. The van der Waals surface area contributed by atoms with Crippen LogP contribution in [0.15, 0.2) is 42.7 Å². The fourth-order valence-corrected chi connectivity index (χ4v) is 5.89. The van der Waals surface area contributed by atoms with E-state index in [1.54, 1.807) is 18.5 Å². The number of halogens is 1. The first-order chi connectivity index (χ1) is 19.9. The highest BCUT2D eigenvalue weighted by Crippen LogP contribution is 2.33. The molecule has 216 valence electrons. The molecule has 0 radical (unpaired) electrons. The molecule has 0 unspecified atom stereocenters. The molecule has 3 aliphatic rings. The summed E-state index contributed by atoms with van der Waals surface area (Å²) < 4.78 is 15.4. The zero-order valence-electron chi connectivity index (χ0n) is 23.5. The lowest BCUT2D eigenvalue weighted by atomic mass is 9.93. The number of nitrogens with zero attached hydrogens (tertiary/aromatic N) is 6. The molecule has 0 atom stereocenters. The molecule has 6 rings (SSSR count). The van der Waals surface area contributed by atoms with E-state index in [1.807, 2.05) is 18.2 Å². The Bertz CT molecular complexity index is 1370. The first-order valence-electron chi connectivity index (χ1n) is 14.6. The predicted molar refractivity (Wildman–Crippen MR) is 159 cm³/mol. The van der Waals surface area contributed by atoms with Crippen LogP contribution in [-0.4, -0.2) is 89.1 Å². The minimum absolute atomic E-state index is 0.00793. The molecule has 4 heterocycles. The summed E-state index contributed by atoms with van der Waals surface area (Å²) in [5.41, 5.74) is 8.09. The largest absolute Gasteiger partial charge is 0.369 e. The Hall–Kier alpha value is -3.83. The lowest BCUT2D eigenvalue weighted by molar-refractivity contribution is 0.0981. The topological polar surface area (TPSA) is 116 Å². The molecule has 3 aromatic rings. The molecule has 0 bridgehead atoms. The lowest BCUT2D eigenvalue weighted by Crippen LogP contribution is -2.52. The van der Waals surface area contributed by atoms with E-state index in [0.29, 0.717) is 28.9 Å². The molecule has 1 saturated carbocycles. The molecule has 2 aromatic heterocycles. The van der Waals surface area contributed by atoms with Gasteiger partial charge >= 0.3 is 0 Å². The lowest BCUT2D eigenvalue weighted by Gasteiger charge is -2.42. The number of hydrogen-bond donors (Lipinski definition) is 3. The zero-order chi connectivity index (χ0) is 28.3. The number of primary amides is 1. The standard InChI is InChI=1S/C30H38FN9O/c1-38-15-17-39(18-16-38)23-9-13-40(14-10-23)25-6-5-22(19-24(25)31)35-30-27(28(32)41)36-26(20-7-11-33-12-8-20)29(37-30)34-21-3-2-4-21/h5-8,11-12,19,21,23H,2-4,9-10,13-18H2,1H3,(H2,32,41)(H2,34,35,37). The van der Waals surface area contributed by atoms with E-state index in [2.05, 4.69) is 42.3 Å². The van der Waals surface area contributed by atoms with Crippen LogP contribution in [0.4, 0.5) is 27.4 Å². The van der Waals surface area contributed by atoms with Crippen LogP contribution in [0.2, 0.25) is 0 Å². The maximum Gasteiger partial charge on any atom is 0.271 e. The number of nitrogens with one attached hydrogen (secondary N) is 2. The van der Waals surface area contributed by atoms with E-state index in [9.17, 15) is 4.79 Å². The number of benzene rings is 1. The summed E-state index contributed by atoms with van der Waals surface area (Å²) in [6, 6.07) is 9.54. The van der Waals surface area contributed by atoms with Gasteiger partial charge in [0.2, 0.25) is 0 Å². The molecular formula is C30H38FN9O. The Kier molecular flexibility index (Phi) is 7.97. The fourth-order valence-electron chi connectivity index (χ4n) is 5.89. The highest BCUT2D eigenvalue weighted by molar-refractivity contribution is 5.97. The van der Waals surface area contributed by atoms with E-state index < -0.39 is 5.91 Å². The Morgan fingerprint density at radius 3 is 2.32 bits per heavy atom. The highest BCUT2D eigenvalue weighted by atomic mass is 19.1. The van der Waals surface area contributed by atoms with Gasteiger partial charge < -0.3 is 26.2 Å². The minimum Gasteiger partial charge on any atom is -0.369 e. The van der Waals surface area contributed by atoms with Crippen LogP contribution in [0.3, 0.4) is 0 Å². The van der Waals surface area contributed by atoms with Gasteiger partial charge in [0, 0.05) is 75.0 Å². The van der Waals surface area contributed by atoms with E-state index >= 15 is 4.39 Å². The van der Waals surface area contributed by atoms with Gasteiger partial charge in [-0.2, -0.15) is 0 Å². The first-order valence-corrected chi connectivity index (χ1v) is 14.6. The summed E-state index contributed by atoms with van der Waals surface area (Å²) in [5.74, 6) is -0.292. The second kappa shape index (κ2) is 12.0. The second-order valence-electron chi connectivity index (χ2n) is 11.3. The summed E-state index contributed by atoms with van der Waals surface area (Å²) in [4.78, 5) is 33.0. The molecule has 11 heteroatoms. The number of hydrogen-bond acceptors (Lipinski definition) is 9. The molecule has 0 spiro atoms. The number of amides is 1. The summed E-state index contributed by atoms with van der Waals surface area (Å²) in [6.07, 6.45) is 8.62. The number of piperidine rings is 1. The van der Waals surface area contributed by atoms with Gasteiger partial charge in [0.1, 0.15) is 11.5 Å². The van der Waals surface area contributed by atoms with Crippen LogP contribution in [0.1, 0.15) is 42.6 Å². The number of carbonyl (C=O) groups excluding carboxylic acids is 1. The van der Waals surface area contributed by atoms with Gasteiger partial charge in [0.25, 0.3) is 5.91 Å². The molecule has 41 heavy (non-hydrogen) atoms. The number of anilines is 4. The second-order valence-corrected chi connectivity index (χ2v) is 11.3. The van der Waals surface area contributed by atoms with E-state index in [-0.39, 0.29) is 23.4 Å². The van der Waals surface area contributed by atoms with Crippen LogP contribution in [-0.2, 0) is 0 Å². The van der Waals surface area contributed by atoms with Gasteiger partial charge in [-0.1, -0.05) is 0 Å². The Balaban J connectivity index is 1.20. The van der Waals surface area contributed by atoms with Gasteiger partial charge in [-0.25, -0.2) is 14.4 Å². The fraction of sp³-hybridized carbons (Fsp3) is 0.467. The quantitative estimate of drug-likeness (QED) is 0.380. The predicted octanol–water partition coefficient (Wildman–Crippen LogP) is 3.70. The number of nitrogens with two attached hydrogens (primary N) is 1. The van der Waals surface area contributed by atoms with Gasteiger partial charge in [0.05, 0.1) is 5.69 Å². The molecule has 1 aliphatic carbocycles. The molecular weight excluding hydrogens is 521 g/mol. The maximum absolute atomic E-state index is 15.4. The Labute approximate surface area is 240 Å². The normalized spacial score (nSPS) is 19.1.